The number of nitrogens with one attached hydrogen (secondary N) is 1. The van der Waals surface area contributed by atoms with Gasteiger partial charge in [-0.15, -0.1) is 23.5 Å². The molecule has 0 saturated carbocycles. The van der Waals surface area contributed by atoms with Crippen molar-refractivity contribution in [2.24, 2.45) is 0 Å². The molecule has 0 spiro atoms. The molecule has 6 N–H and O–H groups in total. The number of nitrogens with two attached hydrogens (primary N) is 2. The van der Waals surface area contributed by atoms with Gasteiger partial charge in [0.1, 0.15) is 27.4 Å². The van der Waals surface area contributed by atoms with E-state index in [2.05, 4.69) is 15.3 Å². The van der Waals surface area contributed by atoms with Crippen LogP contribution in [0.3, 0.4) is 0 Å². The van der Waals surface area contributed by atoms with Crippen molar-refractivity contribution in [2.75, 3.05) is 28.7 Å². The second-order valence-electron chi connectivity index (χ2n) is 8.22. The largest absolute Gasteiger partial charge is 0.477 e. The van der Waals surface area contributed by atoms with Gasteiger partial charge in [-0.2, -0.15) is 0 Å². The molecular formula is C23H24Cl2N7O4S3+. The highest BCUT2D eigenvalue weighted by Crippen LogP contribution is 2.40. The van der Waals surface area contributed by atoms with E-state index >= 15 is 0 Å². The van der Waals surface area contributed by atoms with Crippen molar-refractivity contribution in [3.05, 3.63) is 51.9 Å². The molecule has 39 heavy (non-hydrogen) atoms. The lowest BCUT2D eigenvalue weighted by molar-refractivity contribution is -0.719. The Labute approximate surface area is 246 Å². The third kappa shape index (κ3) is 6.74. The van der Waals surface area contributed by atoms with Crippen LogP contribution in [0, 0.1) is 0 Å². The van der Waals surface area contributed by atoms with Gasteiger partial charge >= 0.3 is 11.1 Å². The van der Waals surface area contributed by atoms with E-state index in [1.165, 1.54) is 40.2 Å². The Bertz CT molecular complexity index is 1370. The molecule has 1 saturated heterocycles. The fourth-order valence-corrected chi connectivity index (χ4v) is 7.53. The van der Waals surface area contributed by atoms with Crippen LogP contribution in [0.15, 0.2) is 51.7 Å². The van der Waals surface area contributed by atoms with Crippen LogP contribution in [0.1, 0.15) is 6.92 Å². The average molecular weight is 630 g/mol. The molecule has 2 aromatic rings. The number of carbonyl (C=O) groups is 3. The molecule has 4 rings (SSSR count). The second-order valence-corrected chi connectivity index (χ2v) is 12.1. The number of carboxylic acid groups (broad SMARTS) is 1. The zero-order valence-electron chi connectivity index (χ0n) is 20.5. The summed E-state index contributed by atoms with van der Waals surface area (Å²) >= 11 is 15.8. The van der Waals surface area contributed by atoms with E-state index in [9.17, 15) is 19.5 Å². The molecule has 2 aliphatic heterocycles. The Morgan fingerprint density at radius 3 is 2.64 bits per heavy atom. The molecule has 11 nitrogen and oxygen atoms in total. The molecule has 16 heteroatoms. The number of β-lactam (4-membered cyclic amide) rings is 1. The van der Waals surface area contributed by atoms with Crippen molar-refractivity contribution >= 4 is 87.9 Å². The van der Waals surface area contributed by atoms with Crippen molar-refractivity contribution in [1.29, 1.82) is 0 Å². The molecule has 0 bridgehead atoms. The van der Waals surface area contributed by atoms with Crippen LogP contribution in [-0.2, 0) is 20.9 Å². The van der Waals surface area contributed by atoms with Crippen LogP contribution < -0.4 is 21.4 Å². The summed E-state index contributed by atoms with van der Waals surface area (Å²) in [7, 11) is 0. The van der Waals surface area contributed by atoms with Crippen molar-refractivity contribution in [2.45, 2.75) is 34.9 Å². The maximum atomic E-state index is 12.9. The molecule has 2 aromatic heterocycles. The predicted molar refractivity (Wildman–Crippen MR) is 153 cm³/mol. The molecule has 0 aliphatic carbocycles. The lowest BCUT2D eigenvalue weighted by Gasteiger charge is -2.49. The lowest BCUT2D eigenvalue weighted by atomic mass is 10.0. The normalized spacial score (nSPS) is 18.7. The molecule has 2 aliphatic rings. The first-order chi connectivity index (χ1) is 18.6. The summed E-state index contributed by atoms with van der Waals surface area (Å²) in [6.07, 6.45) is 3.51. The minimum absolute atomic E-state index is 0.0245. The standard InChI is InChI=1S/C23H23Cl2N7O4S3/c1-2-31-16(27)8-15(26)29-23(31)37-5-3-4-11-9-39-21-18(20(34)32(21)19(11)22(35)36)30-17(33)10-38-12-6-13(24)28-14(25)7-12/h3-4,6-8,18,21H,2,5,9-10H2,1H3,(H5,26,27,30,33,35,36)/p+1/b4-3+/t18-,21-/m1/s1. The quantitative estimate of drug-likeness (QED) is 0.100. The Balaban J connectivity index is 1.38. The van der Waals surface area contributed by atoms with E-state index in [1.54, 1.807) is 24.3 Å². The van der Waals surface area contributed by atoms with Crippen molar-refractivity contribution < 1.29 is 24.1 Å². The second kappa shape index (κ2) is 12.7. The first-order valence-electron chi connectivity index (χ1n) is 11.5. The highest BCUT2D eigenvalue weighted by molar-refractivity contribution is 8.00. The highest BCUT2D eigenvalue weighted by atomic mass is 35.5. The number of carboxylic acids is 1. The number of nitrogens with zero attached hydrogens (tertiary/aromatic N) is 4. The number of aromatic nitrogens is 3. The average Bonchev–Trinajstić information content (AvgIpc) is 2.87. The molecule has 0 radical (unpaired) electrons. The lowest BCUT2D eigenvalue weighted by Crippen LogP contribution is -2.70. The van der Waals surface area contributed by atoms with Crippen molar-refractivity contribution in [3.8, 4) is 0 Å². The number of pyridine rings is 1. The van der Waals surface area contributed by atoms with Crippen molar-refractivity contribution in [3.63, 3.8) is 0 Å². The number of halogens is 2. The van der Waals surface area contributed by atoms with Gasteiger partial charge in [0.2, 0.25) is 17.5 Å². The first kappa shape index (κ1) is 29.3. The molecule has 1 fully saturated rings. The summed E-state index contributed by atoms with van der Waals surface area (Å²) in [5.74, 6) is -0.350. The van der Waals surface area contributed by atoms with E-state index in [4.69, 9.17) is 34.7 Å². The van der Waals surface area contributed by atoms with Gasteiger partial charge in [0, 0.05) is 16.4 Å². The Morgan fingerprint density at radius 2 is 1.97 bits per heavy atom. The van der Waals surface area contributed by atoms with Gasteiger partial charge in [-0.3, -0.25) is 14.5 Å². The summed E-state index contributed by atoms with van der Waals surface area (Å²) in [5.41, 5.74) is 12.2. The van der Waals surface area contributed by atoms with Gasteiger partial charge in [-0.1, -0.05) is 40.3 Å². The number of carbonyl (C=O) groups excluding carboxylic acids is 2. The number of amides is 2. The van der Waals surface area contributed by atoms with Crippen LogP contribution in [0.25, 0.3) is 0 Å². The number of fused-ring (bicyclic) bond motifs is 1. The number of nitrogen functional groups attached to an aromatic ring is 2. The first-order valence-corrected chi connectivity index (χ1v) is 15.3. The number of thioether (sulfide) groups is 3. The smallest absolute Gasteiger partial charge is 0.352 e. The molecule has 0 unspecified atom stereocenters. The monoisotopic (exact) mass is 628 g/mol. The zero-order valence-corrected chi connectivity index (χ0v) is 24.4. The number of hydrogen-bond donors (Lipinski definition) is 4. The minimum Gasteiger partial charge on any atom is -0.477 e. The van der Waals surface area contributed by atoms with E-state index in [0.717, 1.165) is 0 Å². The third-order valence-electron chi connectivity index (χ3n) is 5.63. The van der Waals surface area contributed by atoms with Crippen LogP contribution in [0.4, 0.5) is 11.6 Å². The number of aliphatic carboxylic acids is 1. The molecule has 2 atom stereocenters. The maximum Gasteiger partial charge on any atom is 0.352 e. The summed E-state index contributed by atoms with van der Waals surface area (Å²) in [4.78, 5) is 47.6. The molecule has 206 valence electrons. The van der Waals surface area contributed by atoms with Gasteiger partial charge in [-0.05, 0) is 36.4 Å². The van der Waals surface area contributed by atoms with Gasteiger partial charge in [0.25, 0.3) is 5.91 Å². The van der Waals surface area contributed by atoms with Gasteiger partial charge < -0.3 is 21.9 Å². The summed E-state index contributed by atoms with van der Waals surface area (Å²) in [6.45, 7) is 2.57. The van der Waals surface area contributed by atoms with Crippen LogP contribution in [-0.4, -0.2) is 66.4 Å². The SMILES string of the molecule is CC[n+]1c(N)cc(N)nc1SC/C=C/C1=C(C(=O)O)N2C(=O)[C@@H](NC(=O)CSc3cc(Cl)nc(Cl)c3)[C@H]2SC1. The van der Waals surface area contributed by atoms with E-state index in [0.29, 0.717) is 45.3 Å². The molecule has 2 amide bonds. The molecule has 4 heterocycles. The predicted octanol–water partition coefficient (Wildman–Crippen LogP) is 2.43. The van der Waals surface area contributed by atoms with Gasteiger partial charge in [0.05, 0.1) is 18.4 Å². The third-order valence-corrected chi connectivity index (χ3v) is 9.22. The van der Waals surface area contributed by atoms with Crippen LogP contribution in [0.5, 0.6) is 0 Å². The number of rotatable bonds is 10. The van der Waals surface area contributed by atoms with Crippen LogP contribution >= 0.6 is 58.5 Å². The Hall–Kier alpha value is -2.65. The van der Waals surface area contributed by atoms with E-state index in [-0.39, 0.29) is 27.7 Å². The van der Waals surface area contributed by atoms with Crippen molar-refractivity contribution in [1.82, 2.24) is 20.2 Å². The maximum absolute atomic E-state index is 12.9. The van der Waals surface area contributed by atoms with E-state index in [1.807, 2.05) is 17.6 Å². The fourth-order valence-electron chi connectivity index (χ4n) is 3.95. The number of allylic oxidation sites excluding steroid dienone is 1. The Morgan fingerprint density at radius 1 is 1.26 bits per heavy atom. The fraction of sp³-hybridized carbons (Fsp3) is 0.304. The minimum atomic E-state index is -1.21. The summed E-state index contributed by atoms with van der Waals surface area (Å²) in [6, 6.07) is 3.94. The highest BCUT2D eigenvalue weighted by Gasteiger charge is 2.53. The number of hydrogen-bond acceptors (Lipinski definition) is 10. The van der Waals surface area contributed by atoms with Gasteiger partial charge in [-0.25, -0.2) is 14.3 Å². The van der Waals surface area contributed by atoms with E-state index < -0.39 is 23.3 Å². The number of anilines is 2. The molecular weight excluding hydrogens is 605 g/mol. The zero-order chi connectivity index (χ0) is 28.3. The Kier molecular flexibility index (Phi) is 9.54. The molecule has 0 aromatic carbocycles. The topological polar surface area (TPSA) is 168 Å². The van der Waals surface area contributed by atoms with Gasteiger partial charge in [0.15, 0.2) is 0 Å². The van der Waals surface area contributed by atoms with Crippen LogP contribution in [0.2, 0.25) is 10.3 Å². The summed E-state index contributed by atoms with van der Waals surface area (Å²) in [5, 5.41) is 13.2. The summed E-state index contributed by atoms with van der Waals surface area (Å²) < 4.78 is 1.82.